The van der Waals surface area contributed by atoms with Crippen LogP contribution in [0.25, 0.3) is 0 Å². The molecule has 0 spiro atoms. The molecule has 1 aromatic rings. The van der Waals surface area contributed by atoms with Gasteiger partial charge in [0.15, 0.2) is 5.69 Å². The topological polar surface area (TPSA) is 52.5 Å². The number of aromatic nitrogens is 2. The van der Waals surface area contributed by atoms with Gasteiger partial charge in [-0.15, -0.1) is 0 Å². The van der Waals surface area contributed by atoms with Crippen LogP contribution >= 0.6 is 0 Å². The number of anilines is 2. The highest BCUT2D eigenvalue weighted by Gasteiger charge is 2.36. The first-order chi connectivity index (χ1) is 8.27. The molecule has 18 heavy (non-hydrogen) atoms. The monoisotopic (exact) mass is 262 g/mol. The number of hydrogen-bond donors (Lipinski definition) is 1. The average molecular weight is 262 g/mol. The van der Waals surface area contributed by atoms with Crippen LogP contribution in [0.4, 0.5) is 24.9 Å². The van der Waals surface area contributed by atoms with Gasteiger partial charge in [0.1, 0.15) is 5.82 Å². The van der Waals surface area contributed by atoms with Gasteiger partial charge in [-0.25, -0.2) is 4.98 Å². The summed E-state index contributed by atoms with van der Waals surface area (Å²) in [6.07, 6.45) is -5.03. The fraction of sp³-hybridized carbons (Fsp3) is 0.600. The van der Waals surface area contributed by atoms with E-state index in [0.29, 0.717) is 0 Å². The van der Waals surface area contributed by atoms with Crippen LogP contribution in [0.1, 0.15) is 5.69 Å². The van der Waals surface area contributed by atoms with Crippen LogP contribution in [0, 0.1) is 0 Å². The summed E-state index contributed by atoms with van der Waals surface area (Å²) in [4.78, 5) is 10.5. The smallest absolute Gasteiger partial charge is 0.389 e. The van der Waals surface area contributed by atoms with E-state index >= 15 is 0 Å². The predicted molar refractivity (Wildman–Crippen MR) is 59.6 cm³/mol. The summed E-state index contributed by atoms with van der Waals surface area (Å²) in [5, 5.41) is 9.16. The van der Waals surface area contributed by atoms with Crippen molar-refractivity contribution in [2.75, 3.05) is 37.0 Å². The van der Waals surface area contributed by atoms with Crippen LogP contribution in [0.5, 0.6) is 0 Å². The Hall–Kier alpha value is -1.57. The SMILES string of the molecule is CN(C)c1cc(C(F)(F)F)nc(N2CC(O)C2)n1. The maximum Gasteiger partial charge on any atom is 0.433 e. The quantitative estimate of drug-likeness (QED) is 0.852. The molecule has 1 saturated heterocycles. The first kappa shape index (κ1) is 12.9. The highest BCUT2D eigenvalue weighted by Crippen LogP contribution is 2.31. The third-order valence-corrected chi connectivity index (χ3v) is 2.59. The van der Waals surface area contributed by atoms with Gasteiger partial charge in [-0.3, -0.25) is 0 Å². The molecule has 0 radical (unpaired) electrons. The van der Waals surface area contributed by atoms with Gasteiger partial charge in [-0.2, -0.15) is 18.2 Å². The van der Waals surface area contributed by atoms with Crippen molar-refractivity contribution < 1.29 is 18.3 Å². The molecule has 100 valence electrons. The summed E-state index contributed by atoms with van der Waals surface area (Å²) >= 11 is 0. The van der Waals surface area contributed by atoms with Crippen molar-refractivity contribution in [2.45, 2.75) is 12.3 Å². The first-order valence-electron chi connectivity index (χ1n) is 5.34. The molecule has 0 aliphatic carbocycles. The van der Waals surface area contributed by atoms with Crippen molar-refractivity contribution in [2.24, 2.45) is 0 Å². The van der Waals surface area contributed by atoms with E-state index in [4.69, 9.17) is 5.11 Å². The van der Waals surface area contributed by atoms with Crippen molar-refractivity contribution in [1.29, 1.82) is 0 Å². The zero-order chi connectivity index (χ0) is 13.5. The number of β-amino-alcohol motifs (C(OH)–C–C–N with tert-alkyl or cyclic N) is 1. The number of alkyl halides is 3. The van der Waals surface area contributed by atoms with E-state index in [1.165, 1.54) is 9.80 Å². The molecule has 1 aromatic heterocycles. The molecule has 2 heterocycles. The van der Waals surface area contributed by atoms with E-state index in [-0.39, 0.29) is 24.9 Å². The zero-order valence-electron chi connectivity index (χ0n) is 9.94. The molecule has 0 unspecified atom stereocenters. The van der Waals surface area contributed by atoms with Gasteiger partial charge in [0.05, 0.1) is 6.10 Å². The summed E-state index contributed by atoms with van der Waals surface area (Å²) in [6, 6.07) is 0.902. The van der Waals surface area contributed by atoms with E-state index in [0.717, 1.165) is 6.07 Å². The Bertz CT molecular complexity index is 443. The maximum atomic E-state index is 12.7. The molecule has 0 saturated carbocycles. The standard InChI is InChI=1S/C10H13F3N4O/c1-16(2)8-3-7(10(11,12)13)14-9(15-8)17-4-6(18)5-17/h3,6,18H,4-5H2,1-2H3. The molecule has 2 rings (SSSR count). The minimum Gasteiger partial charge on any atom is -0.389 e. The third-order valence-electron chi connectivity index (χ3n) is 2.59. The van der Waals surface area contributed by atoms with Crippen molar-refractivity contribution in [3.8, 4) is 0 Å². The van der Waals surface area contributed by atoms with Crippen LogP contribution in [0.15, 0.2) is 6.07 Å². The highest BCUT2D eigenvalue weighted by molar-refractivity contribution is 5.47. The number of aliphatic hydroxyl groups is 1. The number of nitrogens with zero attached hydrogens (tertiary/aromatic N) is 4. The fourth-order valence-corrected chi connectivity index (χ4v) is 1.56. The molecule has 5 nitrogen and oxygen atoms in total. The second kappa shape index (κ2) is 4.27. The van der Waals surface area contributed by atoms with E-state index in [1.807, 2.05) is 0 Å². The Balaban J connectivity index is 2.37. The largest absolute Gasteiger partial charge is 0.433 e. The number of halogens is 3. The lowest BCUT2D eigenvalue weighted by atomic mass is 10.2. The van der Waals surface area contributed by atoms with Crippen LogP contribution in [-0.2, 0) is 6.18 Å². The number of aliphatic hydroxyl groups excluding tert-OH is 1. The van der Waals surface area contributed by atoms with Gasteiger partial charge in [-0.05, 0) is 0 Å². The number of hydrogen-bond acceptors (Lipinski definition) is 5. The van der Waals surface area contributed by atoms with Crippen LogP contribution in [-0.4, -0.2) is 48.4 Å². The normalized spacial score (nSPS) is 16.7. The Morgan fingerprint density at radius 1 is 1.33 bits per heavy atom. The summed E-state index contributed by atoms with van der Waals surface area (Å²) in [5.41, 5.74) is -0.974. The van der Waals surface area contributed by atoms with Crippen molar-refractivity contribution in [3.63, 3.8) is 0 Å². The van der Waals surface area contributed by atoms with Crippen molar-refractivity contribution >= 4 is 11.8 Å². The molecule has 1 aliphatic heterocycles. The minimum atomic E-state index is -4.51. The van der Waals surface area contributed by atoms with Gasteiger partial charge in [0, 0.05) is 33.3 Å². The Morgan fingerprint density at radius 2 is 1.94 bits per heavy atom. The highest BCUT2D eigenvalue weighted by atomic mass is 19.4. The third kappa shape index (κ3) is 2.47. The summed E-state index contributed by atoms with van der Waals surface area (Å²) in [5.74, 6) is 0.188. The molecule has 0 bridgehead atoms. The van der Waals surface area contributed by atoms with Gasteiger partial charge in [-0.1, -0.05) is 0 Å². The molecule has 0 atom stereocenters. The van der Waals surface area contributed by atoms with E-state index in [2.05, 4.69) is 9.97 Å². The Kier molecular flexibility index (Phi) is 3.05. The lowest BCUT2D eigenvalue weighted by molar-refractivity contribution is -0.141. The van der Waals surface area contributed by atoms with Gasteiger partial charge in [0.25, 0.3) is 0 Å². The lowest BCUT2D eigenvalue weighted by Gasteiger charge is -2.36. The van der Waals surface area contributed by atoms with Gasteiger partial charge < -0.3 is 14.9 Å². The van der Waals surface area contributed by atoms with E-state index in [1.54, 1.807) is 14.1 Å². The van der Waals surface area contributed by atoms with Gasteiger partial charge in [0.2, 0.25) is 5.95 Å². The summed E-state index contributed by atoms with van der Waals surface area (Å²) in [7, 11) is 3.22. The molecule has 0 amide bonds. The number of rotatable bonds is 2. The first-order valence-corrected chi connectivity index (χ1v) is 5.34. The van der Waals surface area contributed by atoms with Crippen LogP contribution in [0.3, 0.4) is 0 Å². The predicted octanol–water partition coefficient (Wildman–Crippen LogP) is 0.742. The van der Waals surface area contributed by atoms with Crippen LogP contribution in [0.2, 0.25) is 0 Å². The average Bonchev–Trinajstić information content (AvgIpc) is 2.23. The second-order valence-corrected chi connectivity index (χ2v) is 4.36. The van der Waals surface area contributed by atoms with E-state index in [9.17, 15) is 13.2 Å². The lowest BCUT2D eigenvalue weighted by Crippen LogP contribution is -2.51. The maximum absolute atomic E-state index is 12.7. The molecular formula is C10H13F3N4O. The Morgan fingerprint density at radius 3 is 2.39 bits per heavy atom. The van der Waals surface area contributed by atoms with Crippen molar-refractivity contribution in [3.05, 3.63) is 11.8 Å². The Labute approximate surface area is 102 Å². The minimum absolute atomic E-state index is 0.00109. The fourth-order valence-electron chi connectivity index (χ4n) is 1.56. The van der Waals surface area contributed by atoms with Crippen LogP contribution < -0.4 is 9.80 Å². The van der Waals surface area contributed by atoms with Gasteiger partial charge >= 0.3 is 6.18 Å². The van der Waals surface area contributed by atoms with E-state index < -0.39 is 18.0 Å². The molecule has 0 aromatic carbocycles. The zero-order valence-corrected chi connectivity index (χ0v) is 9.94. The molecule has 1 N–H and O–H groups in total. The molecule has 1 aliphatic rings. The van der Waals surface area contributed by atoms with Crippen molar-refractivity contribution in [1.82, 2.24) is 9.97 Å². The second-order valence-electron chi connectivity index (χ2n) is 4.36. The molecule has 8 heteroatoms. The molecule has 1 fully saturated rings. The molecular weight excluding hydrogens is 249 g/mol. The summed E-state index contributed by atoms with van der Waals surface area (Å²) < 4.78 is 38.1. The summed E-state index contributed by atoms with van der Waals surface area (Å²) in [6.45, 7) is 0.516.